The summed E-state index contributed by atoms with van der Waals surface area (Å²) in [5.74, 6) is 1.83. The predicted octanol–water partition coefficient (Wildman–Crippen LogP) is 10.7. The Hall–Kier alpha value is -8.43. The summed E-state index contributed by atoms with van der Waals surface area (Å²) in [4.78, 5) is 30.3. The Bertz CT molecular complexity index is 3560. The van der Waals surface area contributed by atoms with Gasteiger partial charge in [0.1, 0.15) is 36.6 Å². The van der Waals surface area contributed by atoms with Crippen molar-refractivity contribution < 1.29 is 31.1 Å². The second-order valence-electron chi connectivity index (χ2n) is 18.5. The van der Waals surface area contributed by atoms with Crippen LogP contribution in [0.4, 0.5) is 44.9 Å². The molecule has 0 aliphatic heterocycles. The van der Waals surface area contributed by atoms with Crippen LogP contribution in [0.3, 0.4) is 0 Å². The van der Waals surface area contributed by atoms with Crippen molar-refractivity contribution in [3.05, 3.63) is 181 Å². The van der Waals surface area contributed by atoms with E-state index in [1.54, 1.807) is 31.4 Å². The van der Waals surface area contributed by atoms with E-state index in [1.165, 1.54) is 23.8 Å². The molecule has 78 heavy (non-hydrogen) atoms. The van der Waals surface area contributed by atoms with E-state index in [-0.39, 0.29) is 24.0 Å². The number of aryl methyl sites for hydroxylation is 2. The number of fused-ring (bicyclic) bond motifs is 3. The van der Waals surface area contributed by atoms with Gasteiger partial charge in [-0.15, -0.1) is 0 Å². The van der Waals surface area contributed by atoms with Crippen LogP contribution >= 0.6 is 0 Å². The van der Waals surface area contributed by atoms with Gasteiger partial charge in [-0.3, -0.25) is 14.8 Å². The smallest absolute Gasteiger partial charge is 0.411 e. The Morgan fingerprint density at radius 2 is 1.06 bits per heavy atom. The Labute approximate surface area is 455 Å². The van der Waals surface area contributed by atoms with Gasteiger partial charge in [0.2, 0.25) is 20.0 Å². The van der Waals surface area contributed by atoms with E-state index in [9.17, 15) is 21.6 Å². The molecule has 0 saturated heterocycles. The lowest BCUT2D eigenvalue weighted by Crippen LogP contribution is -2.18. The number of nitrogens with one attached hydrogen (secondary N) is 5. The average Bonchev–Trinajstić information content (AvgIpc) is 3.76. The van der Waals surface area contributed by atoms with Crippen molar-refractivity contribution in [2.45, 2.75) is 45.4 Å². The highest BCUT2D eigenvalue weighted by Crippen LogP contribution is 2.44. The lowest BCUT2D eigenvalue weighted by molar-refractivity contribution is 0.158. The molecule has 0 spiro atoms. The highest BCUT2D eigenvalue weighted by Gasteiger charge is 2.29. The minimum Gasteiger partial charge on any atom is -0.496 e. The van der Waals surface area contributed by atoms with Crippen LogP contribution < -0.4 is 41.6 Å². The van der Waals surface area contributed by atoms with Crippen LogP contribution in [0.2, 0.25) is 0 Å². The summed E-state index contributed by atoms with van der Waals surface area (Å²) in [5, 5.41) is 9.29. The Kier molecular flexibility index (Phi) is 18.7. The number of rotatable bonds is 22. The Morgan fingerprint density at radius 1 is 0.551 bits per heavy atom. The molecule has 9 N–H and O–H groups in total. The van der Waals surface area contributed by atoms with Gasteiger partial charge in [0.25, 0.3) is 0 Å². The van der Waals surface area contributed by atoms with E-state index in [1.807, 2.05) is 111 Å². The van der Waals surface area contributed by atoms with Gasteiger partial charge in [-0.1, -0.05) is 84.9 Å². The van der Waals surface area contributed by atoms with Gasteiger partial charge < -0.3 is 31.6 Å². The van der Waals surface area contributed by atoms with Crippen LogP contribution in [0.15, 0.2) is 158 Å². The number of ether oxygens (including phenoxy) is 2. The summed E-state index contributed by atoms with van der Waals surface area (Å²) in [7, 11) is -5.33. The Morgan fingerprint density at radius 3 is 1.62 bits per heavy atom. The molecule has 0 unspecified atom stereocenters. The van der Waals surface area contributed by atoms with Crippen LogP contribution in [0, 0.1) is 13.8 Å². The third-order valence-corrected chi connectivity index (χ3v) is 15.5. The first-order valence-corrected chi connectivity index (χ1v) is 28.7. The summed E-state index contributed by atoms with van der Waals surface area (Å²) in [6.07, 6.45) is 4.71. The zero-order chi connectivity index (χ0) is 55.1. The highest BCUT2D eigenvalue weighted by molar-refractivity contribution is 7.93. The van der Waals surface area contributed by atoms with Crippen LogP contribution in [0.5, 0.6) is 5.75 Å². The van der Waals surface area contributed by atoms with Crippen molar-refractivity contribution in [2.24, 2.45) is 11.5 Å². The van der Waals surface area contributed by atoms with Crippen LogP contribution in [0.1, 0.15) is 53.9 Å². The van der Waals surface area contributed by atoms with Gasteiger partial charge in [0.05, 0.1) is 41.4 Å². The number of hydrogen-bond acceptors (Lipinski definition) is 15. The van der Waals surface area contributed by atoms with Gasteiger partial charge in [-0.2, -0.15) is 0 Å². The minimum atomic E-state index is -3.50. The SMILES string of the molecule is COc1ccccc1-c1cc(Nc2ccc(C)c(NS(=O)(=O)CCCCN)c2)ncn1.Cc1ccc(Nc2cc(-c3cccc(NC(=O)OCC4c5ccccc5-c5ccccc54)c3)ncn2)cc1NS(=O)(=O)CCCCN. The maximum absolute atomic E-state index is 12.9. The Balaban J connectivity index is 0.000000225. The molecule has 2 aromatic heterocycles. The molecule has 1 amide bonds. The fourth-order valence-corrected chi connectivity index (χ4v) is 11.2. The van der Waals surface area contributed by atoms with E-state index in [0.29, 0.717) is 96.0 Å². The molecule has 20 heteroatoms. The number of benzene rings is 6. The number of para-hydroxylation sites is 1. The lowest BCUT2D eigenvalue weighted by Gasteiger charge is -2.15. The van der Waals surface area contributed by atoms with Gasteiger partial charge in [-0.25, -0.2) is 41.6 Å². The third-order valence-electron chi connectivity index (χ3n) is 12.8. The molecule has 0 saturated carbocycles. The highest BCUT2D eigenvalue weighted by atomic mass is 32.2. The largest absolute Gasteiger partial charge is 0.496 e. The first kappa shape index (κ1) is 55.8. The molecule has 1 aliphatic rings. The monoisotopic (exact) mass is 1090 g/mol. The predicted molar refractivity (Wildman–Crippen MR) is 310 cm³/mol. The molecule has 0 fully saturated rings. The lowest BCUT2D eigenvalue weighted by atomic mass is 9.98. The average molecular weight is 1090 g/mol. The fourth-order valence-electron chi connectivity index (χ4n) is 8.75. The third kappa shape index (κ3) is 14.9. The zero-order valence-corrected chi connectivity index (χ0v) is 45.2. The van der Waals surface area contributed by atoms with Crippen molar-refractivity contribution in [1.82, 2.24) is 19.9 Å². The van der Waals surface area contributed by atoms with Crippen molar-refractivity contribution in [3.63, 3.8) is 0 Å². The minimum absolute atomic E-state index is 0.00574. The molecular formula is C58H63N11O7S2. The molecule has 404 valence electrons. The van der Waals surface area contributed by atoms with Crippen LogP contribution in [0.25, 0.3) is 33.6 Å². The van der Waals surface area contributed by atoms with Gasteiger partial charge >= 0.3 is 6.09 Å². The number of methoxy groups -OCH3 is 1. The number of carbonyl (C=O) groups excluding carboxylic acids is 1. The molecule has 6 aromatic carbocycles. The number of amides is 1. The van der Waals surface area contributed by atoms with Gasteiger partial charge in [-0.05, 0) is 135 Å². The maximum Gasteiger partial charge on any atom is 0.411 e. The molecule has 0 bridgehead atoms. The molecule has 0 radical (unpaired) electrons. The van der Waals surface area contributed by atoms with Gasteiger partial charge in [0, 0.05) is 46.2 Å². The number of sulfonamides is 2. The van der Waals surface area contributed by atoms with E-state index in [4.69, 9.17) is 20.9 Å². The van der Waals surface area contributed by atoms with Crippen molar-refractivity contribution in [3.8, 4) is 39.4 Å². The molecule has 9 rings (SSSR count). The molecule has 18 nitrogen and oxygen atoms in total. The molecule has 8 aromatic rings. The molecule has 2 heterocycles. The van der Waals surface area contributed by atoms with Crippen molar-refractivity contribution >= 4 is 66.2 Å². The summed E-state index contributed by atoms with van der Waals surface area (Å²) in [5.41, 5.74) is 23.1. The quantitative estimate of drug-likeness (QED) is 0.0311. The number of anilines is 7. The first-order chi connectivity index (χ1) is 37.7. The van der Waals surface area contributed by atoms with Crippen molar-refractivity contribution in [2.75, 3.05) is 63.7 Å². The second-order valence-corrected chi connectivity index (χ2v) is 22.1. The fraction of sp³-hybridized carbons (Fsp3) is 0.224. The number of hydrogen-bond donors (Lipinski definition) is 7. The standard InChI is InChI=1S/C36H36N6O4S.C22H27N5O3S/c1-24-15-16-27(20-33(24)42-47(44,45)18-7-6-17-37)40-35-21-34(38-23-39-35)25-9-8-10-26(19-25)41-36(43)46-22-32-30-13-4-2-11-28(30)29-12-3-5-14-31(29)32;1-16-9-10-17(13-19(16)27-31(28,29)12-6-5-11-23)26-22-14-20(24-15-25-22)18-7-3-4-8-21(18)30-2/h2-5,8-16,19-21,23,32,42H,6-7,17-18,22,37H2,1H3,(H,41,43)(H,38,39,40);3-4,7-10,13-15,27H,5-6,11-12,23H2,1-2H3,(H,24,25,26). The molecular weight excluding hydrogens is 1030 g/mol. The molecule has 0 atom stereocenters. The summed E-state index contributed by atoms with van der Waals surface area (Å²) in [6.45, 7) is 4.84. The first-order valence-electron chi connectivity index (χ1n) is 25.4. The van der Waals surface area contributed by atoms with Crippen molar-refractivity contribution in [1.29, 1.82) is 0 Å². The normalized spacial score (nSPS) is 11.8. The number of nitrogens with two attached hydrogens (primary N) is 2. The number of aromatic nitrogens is 4. The summed E-state index contributed by atoms with van der Waals surface area (Å²) >= 11 is 0. The summed E-state index contributed by atoms with van der Waals surface area (Å²) in [6, 6.07) is 45.8. The van der Waals surface area contributed by atoms with Gasteiger partial charge in [0.15, 0.2) is 0 Å². The second kappa shape index (κ2) is 26.1. The number of nitrogens with zero attached hydrogens (tertiary/aromatic N) is 4. The van der Waals surface area contributed by atoms with E-state index < -0.39 is 26.1 Å². The summed E-state index contributed by atoms with van der Waals surface area (Å²) < 4.78 is 66.3. The number of unbranched alkanes of at least 4 members (excludes halogenated alkanes) is 2. The topological polar surface area (TPSA) is 268 Å². The maximum atomic E-state index is 12.9. The molecule has 1 aliphatic carbocycles. The van der Waals surface area contributed by atoms with E-state index in [0.717, 1.165) is 33.4 Å². The number of carbonyl (C=O) groups is 1. The zero-order valence-electron chi connectivity index (χ0n) is 43.6. The van der Waals surface area contributed by atoms with E-state index >= 15 is 0 Å². The van der Waals surface area contributed by atoms with Crippen LogP contribution in [-0.4, -0.2) is 81.2 Å². The van der Waals surface area contributed by atoms with E-state index in [2.05, 4.69) is 69.6 Å². The van der Waals surface area contributed by atoms with Crippen LogP contribution in [-0.2, 0) is 24.8 Å².